The highest BCUT2D eigenvalue weighted by molar-refractivity contribution is 6.24. The summed E-state index contributed by atoms with van der Waals surface area (Å²) in [6.07, 6.45) is 3.49. The Bertz CT molecular complexity index is 638. The zero-order valence-electron chi connectivity index (χ0n) is 13.2. The van der Waals surface area contributed by atoms with E-state index in [1.807, 2.05) is 6.07 Å². The summed E-state index contributed by atoms with van der Waals surface area (Å²) in [6, 6.07) is 4.00. The van der Waals surface area contributed by atoms with E-state index in [4.69, 9.17) is 9.47 Å². The van der Waals surface area contributed by atoms with Crippen LogP contribution in [0, 0.1) is 5.41 Å². The minimum Gasteiger partial charge on any atom is -0.493 e. The number of hydrogen-bond acceptors (Lipinski definition) is 3. The molecule has 3 nitrogen and oxygen atoms in total. The van der Waals surface area contributed by atoms with Crippen molar-refractivity contribution in [2.24, 2.45) is 5.41 Å². The van der Waals surface area contributed by atoms with Crippen LogP contribution in [0.25, 0.3) is 5.57 Å². The highest BCUT2D eigenvalue weighted by Gasteiger charge is 2.39. The Morgan fingerprint density at radius 2 is 1.81 bits per heavy atom. The van der Waals surface area contributed by atoms with E-state index in [0.717, 1.165) is 30.4 Å². The number of benzene rings is 1. The Balaban J connectivity index is 2.31. The van der Waals surface area contributed by atoms with Gasteiger partial charge in [0.05, 0.1) is 14.2 Å². The number of hydrogen-bond donors (Lipinski definition) is 0. The zero-order valence-corrected chi connectivity index (χ0v) is 13.2. The molecule has 3 rings (SSSR count). The molecule has 0 radical (unpaired) electrons. The zero-order chi connectivity index (χ0) is 15.2. The topological polar surface area (TPSA) is 35.5 Å². The van der Waals surface area contributed by atoms with Crippen LogP contribution in [0.15, 0.2) is 17.7 Å². The summed E-state index contributed by atoms with van der Waals surface area (Å²) < 4.78 is 11.0. The van der Waals surface area contributed by atoms with E-state index in [9.17, 15) is 4.79 Å². The van der Waals surface area contributed by atoms with Gasteiger partial charge in [0.15, 0.2) is 17.3 Å². The summed E-state index contributed by atoms with van der Waals surface area (Å²) in [6.45, 7) is 4.48. The number of aryl methyl sites for hydroxylation is 1. The normalized spacial score (nSPS) is 19.9. The van der Waals surface area contributed by atoms with Gasteiger partial charge >= 0.3 is 0 Å². The van der Waals surface area contributed by atoms with Crippen molar-refractivity contribution in [3.8, 4) is 11.5 Å². The van der Waals surface area contributed by atoms with Gasteiger partial charge in [0.2, 0.25) is 0 Å². The lowest BCUT2D eigenvalue weighted by Crippen LogP contribution is -2.28. The van der Waals surface area contributed by atoms with E-state index in [1.165, 1.54) is 11.1 Å². The number of carbonyl (C=O) groups excluding carboxylic acids is 1. The number of allylic oxidation sites excluding steroid dienone is 2. The molecule has 0 aliphatic heterocycles. The smallest absolute Gasteiger partial charge is 0.168 e. The third kappa shape index (κ3) is 2.06. The summed E-state index contributed by atoms with van der Waals surface area (Å²) in [5.74, 6) is 1.64. The molecule has 0 saturated carbocycles. The molecule has 0 bridgehead atoms. The fraction of sp³-hybridized carbons (Fsp3) is 0.500. The van der Waals surface area contributed by atoms with Gasteiger partial charge in [-0.1, -0.05) is 25.5 Å². The molecule has 0 atom stereocenters. The Morgan fingerprint density at radius 3 is 2.48 bits per heavy atom. The number of fused-ring (bicyclic) bond motifs is 2. The van der Waals surface area contributed by atoms with Gasteiger partial charge in [0.1, 0.15) is 0 Å². The quantitative estimate of drug-likeness (QED) is 0.829. The molecule has 0 spiro atoms. The molecule has 112 valence electrons. The van der Waals surface area contributed by atoms with E-state index in [-0.39, 0.29) is 11.2 Å². The lowest BCUT2D eigenvalue weighted by atomic mass is 9.66. The van der Waals surface area contributed by atoms with Crippen molar-refractivity contribution in [2.75, 3.05) is 14.2 Å². The average molecular weight is 286 g/mol. The lowest BCUT2D eigenvalue weighted by molar-refractivity contribution is -0.114. The van der Waals surface area contributed by atoms with E-state index in [2.05, 4.69) is 19.9 Å². The van der Waals surface area contributed by atoms with Crippen LogP contribution in [0.2, 0.25) is 0 Å². The second-order valence-electron chi connectivity index (χ2n) is 6.50. The van der Waals surface area contributed by atoms with Gasteiger partial charge in [-0.2, -0.15) is 0 Å². The molecule has 0 saturated heterocycles. The van der Waals surface area contributed by atoms with Crippen molar-refractivity contribution in [1.29, 1.82) is 0 Å². The van der Waals surface area contributed by atoms with Crippen LogP contribution in [0.3, 0.4) is 0 Å². The molecular weight excluding hydrogens is 264 g/mol. The van der Waals surface area contributed by atoms with Crippen LogP contribution in [0.5, 0.6) is 11.5 Å². The fourth-order valence-corrected chi connectivity index (χ4v) is 3.67. The molecule has 1 aromatic carbocycles. The van der Waals surface area contributed by atoms with Crippen molar-refractivity contribution in [3.05, 3.63) is 28.8 Å². The third-order valence-corrected chi connectivity index (χ3v) is 4.90. The number of ether oxygens (including phenoxy) is 2. The summed E-state index contributed by atoms with van der Waals surface area (Å²) in [7, 11) is 3.28. The second kappa shape index (κ2) is 4.90. The number of carbonyl (C=O) groups is 1. The monoisotopic (exact) mass is 286 g/mol. The van der Waals surface area contributed by atoms with Crippen LogP contribution in [0.1, 0.15) is 44.2 Å². The number of ketones is 1. The van der Waals surface area contributed by atoms with Gasteiger partial charge in [-0.05, 0) is 36.3 Å². The molecule has 3 heteroatoms. The molecule has 0 aromatic heterocycles. The molecular formula is C18H22O3. The maximum Gasteiger partial charge on any atom is 0.168 e. The first-order valence-corrected chi connectivity index (χ1v) is 7.50. The molecule has 1 aromatic rings. The Kier molecular flexibility index (Phi) is 3.31. The van der Waals surface area contributed by atoms with Gasteiger partial charge in [-0.3, -0.25) is 4.79 Å². The first-order valence-electron chi connectivity index (χ1n) is 7.50. The number of Topliss-reactive ketones (excluding diaryl/α,β-unsaturated/α-hetero) is 1. The summed E-state index contributed by atoms with van der Waals surface area (Å²) in [5.41, 5.74) is 4.43. The number of rotatable bonds is 2. The summed E-state index contributed by atoms with van der Waals surface area (Å²) in [4.78, 5) is 12.6. The highest BCUT2D eigenvalue weighted by Crippen LogP contribution is 2.51. The van der Waals surface area contributed by atoms with Crippen molar-refractivity contribution >= 4 is 11.4 Å². The largest absolute Gasteiger partial charge is 0.493 e. The SMILES string of the molecule is COc1ccc2c(c1OC)C1=C(CC2)C(C)(C)CCC1=O. The molecule has 0 fully saturated rings. The standard InChI is InChI=1S/C18H22O3/c1-18(2)10-9-13(19)16-12(18)7-5-11-6-8-14(20-3)17(21-4)15(11)16/h6,8H,5,7,9-10H2,1-4H3. The molecule has 21 heavy (non-hydrogen) atoms. The Labute approximate surface area is 125 Å². The summed E-state index contributed by atoms with van der Waals surface area (Å²) in [5, 5.41) is 0. The highest BCUT2D eigenvalue weighted by atomic mass is 16.5. The molecule has 0 heterocycles. The predicted molar refractivity (Wildman–Crippen MR) is 82.8 cm³/mol. The first kappa shape index (κ1) is 14.2. The van der Waals surface area contributed by atoms with E-state index in [1.54, 1.807) is 14.2 Å². The Morgan fingerprint density at radius 1 is 1.05 bits per heavy atom. The average Bonchev–Trinajstić information content (AvgIpc) is 2.49. The fourth-order valence-electron chi connectivity index (χ4n) is 3.67. The Hall–Kier alpha value is -1.77. The second-order valence-corrected chi connectivity index (χ2v) is 6.50. The van der Waals surface area contributed by atoms with E-state index < -0.39 is 0 Å². The van der Waals surface area contributed by atoms with Crippen LogP contribution < -0.4 is 9.47 Å². The summed E-state index contributed by atoms with van der Waals surface area (Å²) >= 11 is 0. The van der Waals surface area contributed by atoms with Crippen molar-refractivity contribution in [3.63, 3.8) is 0 Å². The van der Waals surface area contributed by atoms with Gasteiger partial charge in [0, 0.05) is 17.6 Å². The van der Waals surface area contributed by atoms with E-state index >= 15 is 0 Å². The van der Waals surface area contributed by atoms with E-state index in [0.29, 0.717) is 17.9 Å². The molecule has 0 amide bonds. The third-order valence-electron chi connectivity index (χ3n) is 4.90. The first-order chi connectivity index (χ1) is 9.99. The maximum absolute atomic E-state index is 12.6. The lowest BCUT2D eigenvalue weighted by Gasteiger charge is -2.38. The van der Waals surface area contributed by atoms with Gasteiger partial charge < -0.3 is 9.47 Å². The molecule has 0 unspecified atom stereocenters. The van der Waals surface area contributed by atoms with Gasteiger partial charge in [0.25, 0.3) is 0 Å². The minimum atomic E-state index is 0.0923. The van der Waals surface area contributed by atoms with Gasteiger partial charge in [-0.15, -0.1) is 0 Å². The molecule has 2 aliphatic carbocycles. The molecule has 0 N–H and O–H groups in total. The van der Waals surface area contributed by atoms with Crippen LogP contribution in [-0.4, -0.2) is 20.0 Å². The van der Waals surface area contributed by atoms with Crippen LogP contribution in [-0.2, 0) is 11.2 Å². The minimum absolute atomic E-state index is 0.0923. The predicted octanol–water partition coefficient (Wildman–Crippen LogP) is 3.79. The van der Waals surface area contributed by atoms with Crippen LogP contribution >= 0.6 is 0 Å². The van der Waals surface area contributed by atoms with Crippen LogP contribution in [0.4, 0.5) is 0 Å². The maximum atomic E-state index is 12.6. The molecule has 2 aliphatic rings. The van der Waals surface area contributed by atoms with Crippen molar-refractivity contribution < 1.29 is 14.3 Å². The van der Waals surface area contributed by atoms with Crippen molar-refractivity contribution in [2.45, 2.75) is 39.5 Å². The number of methoxy groups -OCH3 is 2. The van der Waals surface area contributed by atoms with Gasteiger partial charge in [-0.25, -0.2) is 0 Å². The van der Waals surface area contributed by atoms with Crippen molar-refractivity contribution in [1.82, 2.24) is 0 Å².